The molecule has 114 valence electrons. The van der Waals surface area contributed by atoms with E-state index in [9.17, 15) is 0 Å². The zero-order valence-corrected chi connectivity index (χ0v) is 14.0. The second-order valence-corrected chi connectivity index (χ2v) is 6.15. The lowest BCUT2D eigenvalue weighted by Crippen LogP contribution is -2.43. The molecule has 0 bridgehead atoms. The van der Waals surface area contributed by atoms with E-state index in [-0.39, 0.29) is 6.04 Å². The normalized spacial score (nSPS) is 14.8. The third kappa shape index (κ3) is 4.89. The molecule has 0 aliphatic rings. The number of rotatable bonds is 7. The van der Waals surface area contributed by atoms with Crippen LogP contribution in [0.25, 0.3) is 0 Å². The largest absolute Gasteiger partial charge is 0.323 e. The molecule has 3 nitrogen and oxygen atoms in total. The van der Waals surface area contributed by atoms with Crippen LogP contribution in [-0.2, 0) is 0 Å². The maximum atomic E-state index is 6.40. The Balaban J connectivity index is 2.71. The maximum Gasteiger partial charge on any atom is 0.0424 e. The number of hydrogen-bond donors (Lipinski definition) is 1. The fraction of sp³-hybridized carbons (Fsp3) is 0.647. The molecule has 20 heavy (non-hydrogen) atoms. The van der Waals surface area contributed by atoms with Crippen LogP contribution in [0, 0.1) is 13.8 Å². The standard InChI is InChI=1S/C17H31N3/c1-7-20(15(4)11-19(5)6)12-17(18)16-9-8-13(2)14(3)10-16/h8-10,15,17H,7,11-12,18H2,1-6H3. The molecule has 1 rings (SSSR count). The van der Waals surface area contributed by atoms with Gasteiger partial charge in [0.25, 0.3) is 0 Å². The van der Waals surface area contributed by atoms with Crippen molar-refractivity contribution in [2.45, 2.75) is 39.8 Å². The molecule has 0 amide bonds. The van der Waals surface area contributed by atoms with Gasteiger partial charge in [0.05, 0.1) is 0 Å². The number of hydrogen-bond acceptors (Lipinski definition) is 3. The van der Waals surface area contributed by atoms with Crippen molar-refractivity contribution in [3.05, 3.63) is 34.9 Å². The molecule has 2 N–H and O–H groups in total. The minimum Gasteiger partial charge on any atom is -0.323 e. The van der Waals surface area contributed by atoms with Crippen LogP contribution >= 0.6 is 0 Å². The molecule has 0 saturated heterocycles. The molecule has 0 aliphatic heterocycles. The zero-order chi connectivity index (χ0) is 15.3. The predicted octanol–water partition coefficient (Wildman–Crippen LogP) is 2.58. The number of likely N-dealkylation sites (N-methyl/N-ethyl adjacent to an activating group) is 2. The fourth-order valence-electron chi connectivity index (χ4n) is 2.62. The first-order valence-corrected chi connectivity index (χ1v) is 7.56. The predicted molar refractivity (Wildman–Crippen MR) is 88.1 cm³/mol. The summed E-state index contributed by atoms with van der Waals surface area (Å²) in [6, 6.07) is 7.16. The van der Waals surface area contributed by atoms with Gasteiger partial charge in [-0.3, -0.25) is 4.90 Å². The monoisotopic (exact) mass is 277 g/mol. The SMILES string of the molecule is CCN(CC(N)c1ccc(C)c(C)c1)C(C)CN(C)C. The van der Waals surface area contributed by atoms with Gasteiger partial charge in [-0.15, -0.1) is 0 Å². The van der Waals surface area contributed by atoms with Crippen LogP contribution in [0.3, 0.4) is 0 Å². The average molecular weight is 277 g/mol. The summed E-state index contributed by atoms with van der Waals surface area (Å²) in [6.45, 7) is 11.8. The van der Waals surface area contributed by atoms with Crippen LogP contribution in [0.2, 0.25) is 0 Å². The van der Waals surface area contributed by atoms with Gasteiger partial charge in [0.1, 0.15) is 0 Å². The number of aryl methyl sites for hydroxylation is 2. The number of nitrogens with two attached hydrogens (primary N) is 1. The van der Waals surface area contributed by atoms with Crippen LogP contribution < -0.4 is 5.73 Å². The van der Waals surface area contributed by atoms with Gasteiger partial charge in [-0.2, -0.15) is 0 Å². The van der Waals surface area contributed by atoms with Gasteiger partial charge in [0.15, 0.2) is 0 Å². The van der Waals surface area contributed by atoms with Crippen molar-refractivity contribution in [1.82, 2.24) is 9.80 Å². The van der Waals surface area contributed by atoms with Crippen molar-refractivity contribution >= 4 is 0 Å². The first-order chi connectivity index (χ1) is 9.35. The lowest BCUT2D eigenvalue weighted by Gasteiger charge is -2.32. The molecule has 0 fully saturated rings. The highest BCUT2D eigenvalue weighted by atomic mass is 15.2. The molecule has 0 spiro atoms. The Morgan fingerprint density at radius 2 is 1.75 bits per heavy atom. The summed E-state index contributed by atoms with van der Waals surface area (Å²) in [4.78, 5) is 4.69. The van der Waals surface area contributed by atoms with Gasteiger partial charge in [-0.25, -0.2) is 0 Å². The Morgan fingerprint density at radius 1 is 1.10 bits per heavy atom. The number of benzene rings is 1. The Labute approximate surface area is 124 Å². The van der Waals surface area contributed by atoms with E-state index in [0.29, 0.717) is 6.04 Å². The minimum atomic E-state index is 0.0823. The summed E-state index contributed by atoms with van der Waals surface area (Å²) in [5.74, 6) is 0. The van der Waals surface area contributed by atoms with E-state index < -0.39 is 0 Å². The summed E-state index contributed by atoms with van der Waals surface area (Å²) in [5.41, 5.74) is 10.3. The third-order valence-electron chi connectivity index (χ3n) is 4.05. The van der Waals surface area contributed by atoms with Gasteiger partial charge in [-0.05, 0) is 58.1 Å². The zero-order valence-electron chi connectivity index (χ0n) is 14.0. The summed E-state index contributed by atoms with van der Waals surface area (Å²) in [5, 5.41) is 0. The van der Waals surface area contributed by atoms with Crippen molar-refractivity contribution in [1.29, 1.82) is 0 Å². The van der Waals surface area contributed by atoms with E-state index in [1.54, 1.807) is 0 Å². The Kier molecular flexibility index (Phi) is 6.66. The van der Waals surface area contributed by atoms with E-state index >= 15 is 0 Å². The van der Waals surface area contributed by atoms with Gasteiger partial charge >= 0.3 is 0 Å². The lowest BCUT2D eigenvalue weighted by atomic mass is 10.0. The molecule has 0 aromatic heterocycles. The molecule has 1 aromatic carbocycles. The Bertz CT molecular complexity index is 415. The molecule has 2 atom stereocenters. The first kappa shape index (κ1) is 17.2. The fourth-order valence-corrected chi connectivity index (χ4v) is 2.62. The number of nitrogens with zero attached hydrogens (tertiary/aromatic N) is 2. The quantitative estimate of drug-likeness (QED) is 0.831. The highest BCUT2D eigenvalue weighted by Crippen LogP contribution is 2.17. The summed E-state index contributed by atoms with van der Waals surface area (Å²) >= 11 is 0. The molecular formula is C17H31N3. The highest BCUT2D eigenvalue weighted by Gasteiger charge is 2.17. The average Bonchev–Trinajstić information content (AvgIpc) is 2.37. The minimum absolute atomic E-state index is 0.0823. The third-order valence-corrected chi connectivity index (χ3v) is 4.05. The molecule has 2 unspecified atom stereocenters. The molecular weight excluding hydrogens is 246 g/mol. The Morgan fingerprint density at radius 3 is 2.25 bits per heavy atom. The van der Waals surface area contributed by atoms with Crippen molar-refractivity contribution in [3.8, 4) is 0 Å². The summed E-state index contributed by atoms with van der Waals surface area (Å²) in [6.07, 6.45) is 0. The van der Waals surface area contributed by atoms with Gasteiger partial charge < -0.3 is 10.6 Å². The highest BCUT2D eigenvalue weighted by molar-refractivity contribution is 5.31. The van der Waals surface area contributed by atoms with Crippen LogP contribution in [-0.4, -0.2) is 49.6 Å². The Hall–Kier alpha value is -0.900. The second kappa shape index (κ2) is 7.77. The van der Waals surface area contributed by atoms with Crippen LogP contribution in [0.4, 0.5) is 0 Å². The smallest absolute Gasteiger partial charge is 0.0424 e. The van der Waals surface area contributed by atoms with E-state index in [2.05, 4.69) is 69.8 Å². The van der Waals surface area contributed by atoms with Crippen LogP contribution in [0.1, 0.15) is 36.6 Å². The lowest BCUT2D eigenvalue weighted by molar-refractivity contribution is 0.172. The van der Waals surface area contributed by atoms with E-state index in [0.717, 1.165) is 19.6 Å². The molecule has 0 aliphatic carbocycles. The van der Waals surface area contributed by atoms with Crippen LogP contribution in [0.15, 0.2) is 18.2 Å². The second-order valence-electron chi connectivity index (χ2n) is 6.15. The van der Waals surface area contributed by atoms with Gasteiger partial charge in [0.2, 0.25) is 0 Å². The topological polar surface area (TPSA) is 32.5 Å². The molecule has 0 radical (unpaired) electrons. The van der Waals surface area contributed by atoms with Gasteiger partial charge in [-0.1, -0.05) is 25.1 Å². The molecule has 3 heteroatoms. The van der Waals surface area contributed by atoms with E-state index in [4.69, 9.17) is 5.73 Å². The van der Waals surface area contributed by atoms with Crippen LogP contribution in [0.5, 0.6) is 0 Å². The molecule has 0 heterocycles. The van der Waals surface area contributed by atoms with Crippen molar-refractivity contribution < 1.29 is 0 Å². The summed E-state index contributed by atoms with van der Waals surface area (Å²) in [7, 11) is 4.24. The van der Waals surface area contributed by atoms with E-state index in [1.165, 1.54) is 16.7 Å². The van der Waals surface area contributed by atoms with Crippen molar-refractivity contribution in [2.24, 2.45) is 5.73 Å². The van der Waals surface area contributed by atoms with Gasteiger partial charge in [0, 0.05) is 25.2 Å². The first-order valence-electron chi connectivity index (χ1n) is 7.56. The van der Waals surface area contributed by atoms with E-state index in [1.807, 2.05) is 0 Å². The van der Waals surface area contributed by atoms with Crippen molar-refractivity contribution in [2.75, 3.05) is 33.7 Å². The maximum absolute atomic E-state index is 6.40. The van der Waals surface area contributed by atoms with Crippen molar-refractivity contribution in [3.63, 3.8) is 0 Å². The summed E-state index contributed by atoms with van der Waals surface area (Å²) < 4.78 is 0. The molecule has 0 saturated carbocycles. The molecule has 1 aromatic rings.